The SMILES string of the molecule is Cc1cc(S(=O)(=O)N(C)Cl)ccc1-c1ccc(CC(NC(=O)C2CCC(CNC(=O)OC(C)(C)C)CC2)C(=O)Nc2ccc3c(c2)NC(O)N3)cc1. The second-order valence-electron chi connectivity index (χ2n) is 14.4. The minimum atomic E-state index is -3.80. The Morgan fingerprint density at radius 1 is 0.981 bits per heavy atom. The lowest BCUT2D eigenvalue weighted by molar-refractivity contribution is -0.130. The van der Waals surface area contributed by atoms with Gasteiger partial charge in [-0.1, -0.05) is 30.3 Å². The Kier molecular flexibility index (Phi) is 12.0. The number of halogens is 1. The number of fused-ring (bicyclic) bond motifs is 1. The molecule has 0 bridgehead atoms. The van der Waals surface area contributed by atoms with E-state index in [1.165, 1.54) is 13.1 Å². The molecule has 1 aliphatic carbocycles. The van der Waals surface area contributed by atoms with Crippen LogP contribution in [0.25, 0.3) is 11.1 Å². The number of alkyl carbamates (subject to hydrolysis) is 1. The van der Waals surface area contributed by atoms with Gasteiger partial charge in [0.05, 0.1) is 16.3 Å². The topological polar surface area (TPSA) is 178 Å². The van der Waals surface area contributed by atoms with E-state index in [9.17, 15) is 27.9 Å². The zero-order chi connectivity index (χ0) is 37.8. The van der Waals surface area contributed by atoms with Gasteiger partial charge in [-0.2, -0.15) is 0 Å². The van der Waals surface area contributed by atoms with E-state index in [0.717, 1.165) is 35.1 Å². The van der Waals surface area contributed by atoms with Crippen molar-refractivity contribution < 1.29 is 32.6 Å². The van der Waals surface area contributed by atoms with Crippen LogP contribution < -0.4 is 26.6 Å². The van der Waals surface area contributed by atoms with Crippen molar-refractivity contribution in [3.05, 3.63) is 71.8 Å². The van der Waals surface area contributed by atoms with Crippen molar-refractivity contribution in [2.45, 2.75) is 82.7 Å². The minimum absolute atomic E-state index is 0.0880. The zero-order valence-electron chi connectivity index (χ0n) is 30.0. The summed E-state index contributed by atoms with van der Waals surface area (Å²) in [5, 5.41) is 24.4. The lowest BCUT2D eigenvalue weighted by Gasteiger charge is -2.29. The van der Waals surface area contributed by atoms with Crippen LogP contribution in [-0.2, 0) is 30.8 Å². The molecule has 1 heterocycles. The first-order chi connectivity index (χ1) is 24.5. The van der Waals surface area contributed by atoms with Gasteiger partial charge < -0.3 is 36.4 Å². The Morgan fingerprint density at radius 3 is 2.29 bits per heavy atom. The Morgan fingerprint density at radius 2 is 1.65 bits per heavy atom. The first kappa shape index (κ1) is 38.9. The van der Waals surface area contributed by atoms with Crippen molar-refractivity contribution in [3.8, 4) is 11.1 Å². The summed E-state index contributed by atoms with van der Waals surface area (Å²) in [5.41, 5.74) is 4.51. The number of benzene rings is 3. The van der Waals surface area contributed by atoms with Gasteiger partial charge in [0.15, 0.2) is 0 Å². The van der Waals surface area contributed by atoms with Gasteiger partial charge in [0.1, 0.15) is 11.6 Å². The molecular weight excluding hydrogens is 708 g/mol. The largest absolute Gasteiger partial charge is 0.444 e. The Labute approximate surface area is 310 Å². The first-order valence-electron chi connectivity index (χ1n) is 17.3. The van der Waals surface area contributed by atoms with E-state index in [1.807, 2.05) is 52.0 Å². The summed E-state index contributed by atoms with van der Waals surface area (Å²) in [6, 6.07) is 16.6. The quantitative estimate of drug-likeness (QED) is 0.137. The second kappa shape index (κ2) is 16.1. The smallest absolute Gasteiger partial charge is 0.407 e. The number of carbonyl (C=O) groups excluding carboxylic acids is 3. The van der Waals surface area contributed by atoms with Gasteiger partial charge in [0, 0.05) is 31.6 Å². The number of carbonyl (C=O) groups is 3. The summed E-state index contributed by atoms with van der Waals surface area (Å²) in [6.07, 6.45) is 1.59. The fraction of sp³-hybridized carbons (Fsp3) is 0.432. The molecule has 0 spiro atoms. The van der Waals surface area contributed by atoms with E-state index < -0.39 is 40.0 Å². The molecule has 0 radical (unpaired) electrons. The molecule has 3 amide bonds. The normalized spacial score (nSPS) is 19.1. The van der Waals surface area contributed by atoms with E-state index in [0.29, 0.717) is 40.3 Å². The number of aliphatic hydroxyl groups excluding tert-OH is 1. The molecule has 1 fully saturated rings. The van der Waals surface area contributed by atoms with E-state index in [1.54, 1.807) is 30.3 Å². The molecule has 0 saturated heterocycles. The van der Waals surface area contributed by atoms with Crippen molar-refractivity contribution in [1.29, 1.82) is 0 Å². The van der Waals surface area contributed by atoms with E-state index >= 15 is 0 Å². The number of rotatable bonds is 11. The van der Waals surface area contributed by atoms with Crippen LogP contribution >= 0.6 is 11.8 Å². The summed E-state index contributed by atoms with van der Waals surface area (Å²) in [4.78, 5) is 39.6. The van der Waals surface area contributed by atoms with Crippen LogP contribution in [-0.4, -0.2) is 66.8 Å². The van der Waals surface area contributed by atoms with Crippen LogP contribution in [0, 0.1) is 18.8 Å². The third-order valence-electron chi connectivity index (χ3n) is 9.19. The summed E-state index contributed by atoms with van der Waals surface area (Å²) in [6.45, 7) is 7.73. The van der Waals surface area contributed by atoms with Crippen molar-refractivity contribution >= 4 is 56.8 Å². The molecule has 1 aliphatic heterocycles. The predicted octanol–water partition coefficient (Wildman–Crippen LogP) is 5.55. The number of sulfonamides is 1. The number of anilines is 3. The van der Waals surface area contributed by atoms with Crippen molar-refractivity contribution in [2.24, 2.45) is 11.8 Å². The monoisotopic (exact) mass is 754 g/mol. The predicted molar refractivity (Wildman–Crippen MR) is 201 cm³/mol. The highest BCUT2D eigenvalue weighted by atomic mass is 35.5. The fourth-order valence-electron chi connectivity index (χ4n) is 6.42. The molecular formula is C37H47ClN6O7S. The zero-order valence-corrected chi connectivity index (χ0v) is 31.5. The van der Waals surface area contributed by atoms with Crippen LogP contribution in [0.5, 0.6) is 0 Å². The minimum Gasteiger partial charge on any atom is -0.444 e. The molecule has 13 nitrogen and oxygen atoms in total. The third-order valence-corrected chi connectivity index (χ3v) is 11.2. The average molecular weight is 755 g/mol. The average Bonchev–Trinajstić information content (AvgIpc) is 3.46. The number of amides is 3. The van der Waals surface area contributed by atoms with Crippen LogP contribution in [0.2, 0.25) is 0 Å². The van der Waals surface area contributed by atoms with Crippen molar-refractivity contribution in [2.75, 3.05) is 29.5 Å². The molecule has 5 rings (SSSR count). The van der Waals surface area contributed by atoms with Gasteiger partial charge in [-0.25, -0.2) is 13.2 Å². The number of aliphatic hydroxyl groups is 1. The fourth-order valence-corrected chi connectivity index (χ4v) is 7.51. The van der Waals surface area contributed by atoms with Crippen molar-refractivity contribution in [3.63, 3.8) is 0 Å². The van der Waals surface area contributed by atoms with Crippen LogP contribution in [0.4, 0.5) is 21.9 Å². The van der Waals surface area contributed by atoms with Gasteiger partial charge >= 0.3 is 6.09 Å². The number of aryl methyl sites for hydroxylation is 1. The number of ether oxygens (including phenoxy) is 1. The molecule has 280 valence electrons. The van der Waals surface area contributed by atoms with Gasteiger partial charge in [-0.05, 0) is 124 Å². The summed E-state index contributed by atoms with van der Waals surface area (Å²) >= 11 is 5.75. The molecule has 3 aromatic rings. The maximum absolute atomic E-state index is 13.8. The van der Waals surface area contributed by atoms with E-state index in [4.69, 9.17) is 16.5 Å². The Bertz CT molecular complexity index is 1890. The number of hydrogen-bond acceptors (Lipinski definition) is 9. The molecule has 2 unspecified atom stereocenters. The van der Waals surface area contributed by atoms with Crippen LogP contribution in [0.3, 0.4) is 0 Å². The Balaban J connectivity index is 1.27. The van der Waals surface area contributed by atoms with Gasteiger partial charge in [-0.3, -0.25) is 9.59 Å². The molecule has 15 heteroatoms. The summed E-state index contributed by atoms with van der Waals surface area (Å²) < 4.78 is 31.0. The Hall–Kier alpha value is -4.37. The van der Waals surface area contributed by atoms with E-state index in [-0.39, 0.29) is 29.1 Å². The lowest BCUT2D eigenvalue weighted by atomic mass is 9.81. The number of nitrogens with zero attached hydrogens (tertiary/aromatic N) is 1. The standard InChI is InChI=1S/C37H47ClN6O7S/c1-22-18-28(52(49,50)44(5)38)15-16-29(22)25-10-6-23(7-11-25)19-32(34(46)40-27-14-17-30-31(20-27)43-35(47)42-30)41-33(45)26-12-8-24(9-13-26)21-39-36(48)51-37(2,3)4/h6-7,10-11,14-18,20,24,26,32,35,42-43,47H,8-9,12-13,19,21H2,1-5H3,(H,39,48)(H,40,46)(H,41,45). The lowest BCUT2D eigenvalue weighted by Crippen LogP contribution is -2.48. The highest BCUT2D eigenvalue weighted by Gasteiger charge is 2.31. The molecule has 52 heavy (non-hydrogen) atoms. The molecule has 0 aromatic heterocycles. The van der Waals surface area contributed by atoms with Gasteiger partial charge in [0.2, 0.25) is 18.2 Å². The molecule has 3 aromatic carbocycles. The van der Waals surface area contributed by atoms with Gasteiger partial charge in [0.25, 0.3) is 10.0 Å². The third kappa shape index (κ3) is 9.94. The summed E-state index contributed by atoms with van der Waals surface area (Å²) in [7, 11) is -2.53. The van der Waals surface area contributed by atoms with Crippen LogP contribution in [0.1, 0.15) is 57.6 Å². The van der Waals surface area contributed by atoms with Gasteiger partial charge in [-0.15, -0.1) is 3.82 Å². The van der Waals surface area contributed by atoms with Crippen molar-refractivity contribution in [1.82, 2.24) is 14.5 Å². The maximum Gasteiger partial charge on any atom is 0.407 e. The number of hydrogen-bond donors (Lipinski definition) is 6. The highest BCUT2D eigenvalue weighted by Crippen LogP contribution is 2.32. The maximum atomic E-state index is 13.8. The van der Waals surface area contributed by atoms with Crippen LogP contribution in [0.15, 0.2) is 65.6 Å². The number of nitrogens with one attached hydrogen (secondary N) is 5. The molecule has 6 N–H and O–H groups in total. The first-order valence-corrected chi connectivity index (χ1v) is 19.0. The van der Waals surface area contributed by atoms with E-state index in [2.05, 4.69) is 26.6 Å². The molecule has 1 saturated carbocycles. The highest BCUT2D eigenvalue weighted by molar-refractivity contribution is 7.90. The summed E-state index contributed by atoms with van der Waals surface area (Å²) in [5.74, 6) is -0.648. The molecule has 2 atom stereocenters. The molecule has 2 aliphatic rings. The second-order valence-corrected chi connectivity index (χ2v) is 17.1.